The van der Waals surface area contributed by atoms with Gasteiger partial charge in [-0.15, -0.1) is 0 Å². The maximum absolute atomic E-state index is 11.9. The molecule has 0 heterocycles. The topological polar surface area (TPSA) is 69.7 Å². The first-order chi connectivity index (χ1) is 21.6. The second kappa shape index (κ2) is 34.5. The summed E-state index contributed by atoms with van der Waals surface area (Å²) in [6, 6.07) is 0. The van der Waals surface area contributed by atoms with E-state index >= 15 is 0 Å². The van der Waals surface area contributed by atoms with E-state index in [-0.39, 0.29) is 26.1 Å². The Balaban J connectivity index is 3.62. The third kappa shape index (κ3) is 33.6. The first kappa shape index (κ1) is 41.0. The van der Waals surface area contributed by atoms with Gasteiger partial charge in [0.15, 0.2) is 13.2 Å². The van der Waals surface area contributed by atoms with Crippen LogP contribution in [0.1, 0.15) is 142 Å². The minimum Gasteiger partial charge on any atom is -0.458 e. The Morgan fingerprint density at radius 2 is 0.705 bits per heavy atom. The van der Waals surface area contributed by atoms with Gasteiger partial charge in [-0.05, 0) is 89.9 Å². The number of hydrogen-bond acceptors (Lipinski definition) is 5. The zero-order chi connectivity index (χ0) is 32.2. The van der Waals surface area contributed by atoms with Gasteiger partial charge in [-0.2, -0.15) is 0 Å². The minimum atomic E-state index is -0.405. The van der Waals surface area contributed by atoms with Gasteiger partial charge in [-0.1, -0.05) is 112 Å². The zero-order valence-electron chi connectivity index (χ0n) is 28.0. The number of carbonyl (C=O) groups is 3. The van der Waals surface area contributed by atoms with Crippen molar-refractivity contribution < 1.29 is 23.9 Å². The SMILES string of the molecule is CCCCC/C=C\C/C=C\C/C=C\CCCCC(=O)OCC(=O)COC(=O)CCCC/C=C\C/C=C\C/C=C\CCCCC. The van der Waals surface area contributed by atoms with Crippen LogP contribution in [0.4, 0.5) is 0 Å². The minimum absolute atomic E-state index is 0.284. The van der Waals surface area contributed by atoms with Crippen molar-refractivity contribution in [2.75, 3.05) is 13.2 Å². The quantitative estimate of drug-likeness (QED) is 0.0460. The predicted octanol–water partition coefficient (Wildman–Crippen LogP) is 10.8. The molecule has 0 saturated heterocycles. The first-order valence-electron chi connectivity index (χ1n) is 17.3. The number of ether oxygens (including phenoxy) is 2. The molecule has 44 heavy (non-hydrogen) atoms. The van der Waals surface area contributed by atoms with Gasteiger partial charge in [0, 0.05) is 12.8 Å². The van der Waals surface area contributed by atoms with E-state index in [0.717, 1.165) is 51.4 Å². The fourth-order valence-corrected chi connectivity index (χ4v) is 4.15. The van der Waals surface area contributed by atoms with Gasteiger partial charge in [0.2, 0.25) is 5.78 Å². The van der Waals surface area contributed by atoms with Gasteiger partial charge in [-0.3, -0.25) is 14.4 Å². The van der Waals surface area contributed by atoms with E-state index in [2.05, 4.69) is 86.8 Å². The Labute approximate surface area is 269 Å². The lowest BCUT2D eigenvalue weighted by molar-refractivity contribution is -0.153. The largest absolute Gasteiger partial charge is 0.458 e. The first-order valence-corrected chi connectivity index (χ1v) is 17.3. The van der Waals surface area contributed by atoms with Crippen molar-refractivity contribution in [3.63, 3.8) is 0 Å². The molecule has 248 valence electrons. The van der Waals surface area contributed by atoms with Gasteiger partial charge in [-0.25, -0.2) is 0 Å². The van der Waals surface area contributed by atoms with E-state index in [1.807, 2.05) is 0 Å². The standard InChI is InChI=1S/C39H62O5/c1-3-5-7-9-11-13-15-17-19-21-23-25-27-29-31-33-38(41)43-35-37(40)36-44-39(42)34-32-30-28-26-24-22-20-18-16-14-12-10-8-6-4-2/h11-14,17-20,23-26H,3-10,15-16,21-22,27-36H2,1-2H3/b13-11-,14-12-,19-17-,20-18-,25-23-,26-24-. The molecule has 0 aliphatic rings. The van der Waals surface area contributed by atoms with Crippen molar-refractivity contribution >= 4 is 17.7 Å². The second-order valence-corrected chi connectivity index (χ2v) is 11.1. The molecule has 0 aromatic heterocycles. The molecular weight excluding hydrogens is 548 g/mol. The van der Waals surface area contributed by atoms with Crippen LogP contribution in [0.25, 0.3) is 0 Å². The van der Waals surface area contributed by atoms with Crippen LogP contribution in [0, 0.1) is 0 Å². The Morgan fingerprint density at radius 3 is 1.02 bits per heavy atom. The van der Waals surface area contributed by atoms with Crippen molar-refractivity contribution in [3.8, 4) is 0 Å². The van der Waals surface area contributed by atoms with Gasteiger partial charge in [0.1, 0.15) is 0 Å². The fraction of sp³-hybridized carbons (Fsp3) is 0.615. The normalized spacial score (nSPS) is 12.2. The highest BCUT2D eigenvalue weighted by atomic mass is 16.6. The summed E-state index contributed by atoms with van der Waals surface area (Å²) in [6.07, 6.45) is 45.8. The number of rotatable bonds is 30. The lowest BCUT2D eigenvalue weighted by Crippen LogP contribution is -2.20. The summed E-state index contributed by atoms with van der Waals surface area (Å²) < 4.78 is 10.0. The summed E-state index contributed by atoms with van der Waals surface area (Å²) >= 11 is 0. The molecule has 0 unspecified atom stereocenters. The van der Waals surface area contributed by atoms with Crippen LogP contribution in [0.5, 0.6) is 0 Å². The summed E-state index contributed by atoms with van der Waals surface area (Å²) in [5.74, 6) is -1.19. The lowest BCUT2D eigenvalue weighted by atomic mass is 10.1. The summed E-state index contributed by atoms with van der Waals surface area (Å²) in [7, 11) is 0. The molecule has 0 saturated carbocycles. The molecule has 0 bridgehead atoms. The van der Waals surface area contributed by atoms with E-state index < -0.39 is 17.7 Å². The Bertz CT molecular complexity index is 805. The van der Waals surface area contributed by atoms with Crippen LogP contribution in [0.2, 0.25) is 0 Å². The van der Waals surface area contributed by atoms with Crippen molar-refractivity contribution in [3.05, 3.63) is 72.9 Å². The number of carbonyl (C=O) groups excluding carboxylic acids is 3. The number of esters is 2. The van der Waals surface area contributed by atoms with Gasteiger partial charge in [0.05, 0.1) is 0 Å². The maximum Gasteiger partial charge on any atom is 0.306 e. The molecule has 5 heteroatoms. The monoisotopic (exact) mass is 610 g/mol. The molecule has 0 N–H and O–H groups in total. The van der Waals surface area contributed by atoms with E-state index in [1.165, 1.54) is 51.4 Å². The molecule has 0 aliphatic heterocycles. The third-order valence-corrected chi connectivity index (χ3v) is 6.83. The Hall–Kier alpha value is -2.95. The Kier molecular flexibility index (Phi) is 32.2. The van der Waals surface area contributed by atoms with Crippen molar-refractivity contribution in [2.24, 2.45) is 0 Å². The molecular formula is C39H62O5. The molecule has 0 fully saturated rings. The zero-order valence-corrected chi connectivity index (χ0v) is 28.0. The van der Waals surface area contributed by atoms with Crippen LogP contribution in [0.3, 0.4) is 0 Å². The van der Waals surface area contributed by atoms with Gasteiger partial charge < -0.3 is 9.47 Å². The van der Waals surface area contributed by atoms with Crippen LogP contribution < -0.4 is 0 Å². The van der Waals surface area contributed by atoms with Gasteiger partial charge >= 0.3 is 11.9 Å². The van der Waals surface area contributed by atoms with Crippen LogP contribution in [-0.2, 0) is 23.9 Å². The number of unbranched alkanes of at least 4 members (excludes halogenated alkanes) is 10. The predicted molar refractivity (Wildman–Crippen MR) is 185 cm³/mol. The molecule has 0 rings (SSSR count). The van der Waals surface area contributed by atoms with Crippen molar-refractivity contribution in [1.29, 1.82) is 0 Å². The van der Waals surface area contributed by atoms with Gasteiger partial charge in [0.25, 0.3) is 0 Å². The average molecular weight is 611 g/mol. The van der Waals surface area contributed by atoms with E-state index in [1.54, 1.807) is 0 Å². The smallest absolute Gasteiger partial charge is 0.306 e. The Morgan fingerprint density at radius 1 is 0.409 bits per heavy atom. The van der Waals surface area contributed by atoms with E-state index in [4.69, 9.17) is 9.47 Å². The van der Waals surface area contributed by atoms with Crippen LogP contribution in [0.15, 0.2) is 72.9 Å². The molecule has 0 aromatic rings. The van der Waals surface area contributed by atoms with E-state index in [9.17, 15) is 14.4 Å². The molecule has 0 atom stereocenters. The molecule has 0 amide bonds. The van der Waals surface area contributed by atoms with E-state index in [0.29, 0.717) is 12.8 Å². The summed E-state index contributed by atoms with van der Waals surface area (Å²) in [6.45, 7) is 3.75. The van der Waals surface area contributed by atoms with Crippen LogP contribution in [-0.4, -0.2) is 30.9 Å². The maximum atomic E-state index is 11.9. The molecule has 0 radical (unpaired) electrons. The number of ketones is 1. The molecule has 0 spiro atoms. The highest BCUT2D eigenvalue weighted by Gasteiger charge is 2.10. The number of hydrogen-bond donors (Lipinski definition) is 0. The summed E-state index contributed by atoms with van der Waals surface area (Å²) in [4.78, 5) is 35.6. The van der Waals surface area contributed by atoms with Crippen molar-refractivity contribution in [1.82, 2.24) is 0 Å². The molecule has 0 aliphatic carbocycles. The lowest BCUT2D eigenvalue weighted by Gasteiger charge is -2.05. The van der Waals surface area contributed by atoms with Crippen LogP contribution >= 0.6 is 0 Å². The van der Waals surface area contributed by atoms with Crippen molar-refractivity contribution in [2.45, 2.75) is 142 Å². The highest BCUT2D eigenvalue weighted by molar-refractivity contribution is 5.85. The second-order valence-electron chi connectivity index (χ2n) is 11.1. The molecule has 5 nitrogen and oxygen atoms in total. The third-order valence-electron chi connectivity index (χ3n) is 6.83. The average Bonchev–Trinajstić information content (AvgIpc) is 3.02. The number of Topliss-reactive ketones (excluding diaryl/α,β-unsaturated/α-hetero) is 1. The molecule has 0 aromatic carbocycles. The number of allylic oxidation sites excluding steroid dienone is 12. The fourth-order valence-electron chi connectivity index (χ4n) is 4.15. The highest BCUT2D eigenvalue weighted by Crippen LogP contribution is 2.06. The summed E-state index contributed by atoms with van der Waals surface area (Å²) in [5, 5.41) is 0. The summed E-state index contributed by atoms with van der Waals surface area (Å²) in [5.41, 5.74) is 0.